The lowest BCUT2D eigenvalue weighted by molar-refractivity contribution is -0.0232. The van der Waals surface area contributed by atoms with Crippen LogP contribution in [-0.4, -0.2) is 66.5 Å². The van der Waals surface area contributed by atoms with Crippen LogP contribution in [0.3, 0.4) is 0 Å². The van der Waals surface area contributed by atoms with Gasteiger partial charge in [0.15, 0.2) is 0 Å². The number of likely N-dealkylation sites (N-methyl/N-ethyl adjacent to an activating group) is 1. The quantitative estimate of drug-likeness (QED) is 0.828. The van der Waals surface area contributed by atoms with Crippen LogP contribution in [0.4, 0.5) is 0 Å². The molecule has 2 fully saturated rings. The van der Waals surface area contributed by atoms with Gasteiger partial charge in [0.05, 0.1) is 11.2 Å². The van der Waals surface area contributed by atoms with Crippen LogP contribution >= 0.6 is 11.6 Å². The van der Waals surface area contributed by atoms with E-state index in [9.17, 15) is 5.11 Å². The molecule has 2 aliphatic rings. The number of hydrogen-bond donors (Lipinski definition) is 1. The molecule has 2 saturated heterocycles. The standard InChI is InChI=1S/C18H28BClN2O3/c1-17(2)18(3,4)25-19(24-17)14-7-6-13(12-15(14)20)16(23)22-10-8-21(5)9-11-22/h6-7,12,16,23H,8-11H2,1-5H3. The van der Waals surface area contributed by atoms with E-state index in [1.807, 2.05) is 45.9 Å². The van der Waals surface area contributed by atoms with E-state index in [0.717, 1.165) is 37.2 Å². The van der Waals surface area contributed by atoms with Gasteiger partial charge in [-0.2, -0.15) is 0 Å². The van der Waals surface area contributed by atoms with Crippen LogP contribution in [0.5, 0.6) is 0 Å². The highest BCUT2D eigenvalue weighted by Crippen LogP contribution is 2.37. The molecule has 1 N–H and O–H groups in total. The van der Waals surface area contributed by atoms with Crippen molar-refractivity contribution in [3.63, 3.8) is 0 Å². The molecule has 2 aliphatic heterocycles. The number of hydrogen-bond acceptors (Lipinski definition) is 5. The van der Waals surface area contributed by atoms with Gasteiger partial charge in [0.2, 0.25) is 0 Å². The van der Waals surface area contributed by atoms with Crippen LogP contribution in [-0.2, 0) is 9.31 Å². The molecule has 5 nitrogen and oxygen atoms in total. The summed E-state index contributed by atoms with van der Waals surface area (Å²) >= 11 is 6.50. The number of nitrogens with zero attached hydrogens (tertiary/aromatic N) is 2. The molecular weight excluding hydrogens is 338 g/mol. The van der Waals surface area contributed by atoms with Gasteiger partial charge >= 0.3 is 7.12 Å². The third-order valence-electron chi connectivity index (χ3n) is 5.71. The first kappa shape index (κ1) is 19.1. The van der Waals surface area contributed by atoms with Crippen molar-refractivity contribution in [3.05, 3.63) is 28.8 Å². The first-order chi connectivity index (χ1) is 11.6. The second-order valence-electron chi connectivity index (χ2n) is 8.08. The second-order valence-corrected chi connectivity index (χ2v) is 8.49. The Bertz CT molecular complexity index is 617. The molecule has 1 aromatic rings. The SMILES string of the molecule is CN1CCN(C(O)c2ccc(B3OC(C)(C)C(C)(C)O3)c(Cl)c2)CC1. The Morgan fingerprint density at radius 2 is 1.64 bits per heavy atom. The number of benzene rings is 1. The van der Waals surface area contributed by atoms with Gasteiger partial charge in [-0.25, -0.2) is 0 Å². The molecular formula is C18H28BClN2O3. The summed E-state index contributed by atoms with van der Waals surface area (Å²) in [6, 6.07) is 5.64. The second kappa shape index (κ2) is 6.84. The average molecular weight is 367 g/mol. The Labute approximate surface area is 156 Å². The van der Waals surface area contributed by atoms with Gasteiger partial charge < -0.3 is 19.3 Å². The minimum atomic E-state index is -0.640. The Hall–Kier alpha value is -0.625. The van der Waals surface area contributed by atoms with Crippen molar-refractivity contribution >= 4 is 24.2 Å². The lowest BCUT2D eigenvalue weighted by Crippen LogP contribution is -2.46. The predicted octanol–water partition coefficient (Wildman–Crippen LogP) is 1.88. The Balaban J connectivity index is 1.75. The zero-order valence-electron chi connectivity index (χ0n) is 15.8. The zero-order valence-corrected chi connectivity index (χ0v) is 16.5. The molecule has 2 heterocycles. The maximum atomic E-state index is 10.7. The summed E-state index contributed by atoms with van der Waals surface area (Å²) in [5.74, 6) is 0. The minimum Gasteiger partial charge on any atom is -0.399 e. The first-order valence-corrected chi connectivity index (χ1v) is 9.24. The average Bonchev–Trinajstić information content (AvgIpc) is 2.75. The number of piperazine rings is 1. The van der Waals surface area contributed by atoms with E-state index in [4.69, 9.17) is 20.9 Å². The van der Waals surface area contributed by atoms with Gasteiger partial charge in [0.25, 0.3) is 0 Å². The van der Waals surface area contributed by atoms with E-state index in [1.54, 1.807) is 0 Å². The summed E-state index contributed by atoms with van der Waals surface area (Å²) in [5, 5.41) is 11.2. The van der Waals surface area contributed by atoms with E-state index in [0.29, 0.717) is 5.02 Å². The van der Waals surface area contributed by atoms with Gasteiger partial charge in [0.1, 0.15) is 6.23 Å². The Kier molecular flexibility index (Phi) is 5.24. The molecule has 3 rings (SSSR count). The third-order valence-corrected chi connectivity index (χ3v) is 6.04. The molecule has 7 heteroatoms. The summed E-state index contributed by atoms with van der Waals surface area (Å²) in [4.78, 5) is 4.33. The lowest BCUT2D eigenvalue weighted by atomic mass is 9.78. The molecule has 1 unspecified atom stereocenters. The van der Waals surface area contributed by atoms with E-state index >= 15 is 0 Å². The van der Waals surface area contributed by atoms with Crippen LogP contribution in [0, 0.1) is 0 Å². The number of aliphatic hydroxyl groups excluding tert-OH is 1. The Morgan fingerprint density at radius 3 is 2.16 bits per heavy atom. The number of aliphatic hydroxyl groups is 1. The summed E-state index contributed by atoms with van der Waals surface area (Å²) < 4.78 is 12.1. The largest absolute Gasteiger partial charge is 0.496 e. The maximum absolute atomic E-state index is 10.7. The highest BCUT2D eigenvalue weighted by Gasteiger charge is 2.52. The molecule has 0 radical (unpaired) electrons. The maximum Gasteiger partial charge on any atom is 0.496 e. The van der Waals surface area contributed by atoms with Crippen molar-refractivity contribution in [2.75, 3.05) is 33.2 Å². The van der Waals surface area contributed by atoms with Gasteiger partial charge in [-0.05, 0) is 46.4 Å². The van der Waals surface area contributed by atoms with Crippen LogP contribution in [0.25, 0.3) is 0 Å². The normalized spacial score (nSPS) is 25.3. The molecule has 0 aromatic heterocycles. The van der Waals surface area contributed by atoms with Crippen molar-refractivity contribution in [2.24, 2.45) is 0 Å². The van der Waals surface area contributed by atoms with Crippen LogP contribution in [0.2, 0.25) is 5.02 Å². The predicted molar refractivity (Wildman–Crippen MR) is 101 cm³/mol. The van der Waals surface area contributed by atoms with Gasteiger partial charge in [0, 0.05) is 36.7 Å². The highest BCUT2D eigenvalue weighted by molar-refractivity contribution is 6.65. The molecule has 1 aromatic carbocycles. The van der Waals surface area contributed by atoms with Crippen molar-refractivity contribution in [2.45, 2.75) is 45.1 Å². The minimum absolute atomic E-state index is 0.404. The van der Waals surface area contributed by atoms with Gasteiger partial charge in [-0.1, -0.05) is 23.7 Å². The molecule has 0 saturated carbocycles. The van der Waals surface area contributed by atoms with E-state index in [1.165, 1.54) is 0 Å². The van der Waals surface area contributed by atoms with Crippen LogP contribution in [0.1, 0.15) is 39.5 Å². The van der Waals surface area contributed by atoms with Gasteiger partial charge in [-0.3, -0.25) is 4.90 Å². The van der Waals surface area contributed by atoms with Crippen molar-refractivity contribution < 1.29 is 14.4 Å². The van der Waals surface area contributed by atoms with Crippen molar-refractivity contribution in [1.29, 1.82) is 0 Å². The van der Waals surface area contributed by atoms with E-state index in [2.05, 4.69) is 16.8 Å². The van der Waals surface area contributed by atoms with Gasteiger partial charge in [-0.15, -0.1) is 0 Å². The van der Waals surface area contributed by atoms with Crippen LogP contribution in [0.15, 0.2) is 18.2 Å². The van der Waals surface area contributed by atoms with Crippen molar-refractivity contribution in [1.82, 2.24) is 9.80 Å². The number of halogens is 1. The fraction of sp³-hybridized carbons (Fsp3) is 0.667. The lowest BCUT2D eigenvalue weighted by Gasteiger charge is -2.35. The summed E-state index contributed by atoms with van der Waals surface area (Å²) in [6.07, 6.45) is -0.640. The summed E-state index contributed by atoms with van der Waals surface area (Å²) in [7, 11) is 1.60. The fourth-order valence-electron chi connectivity index (χ4n) is 3.14. The topological polar surface area (TPSA) is 45.2 Å². The van der Waals surface area contributed by atoms with Crippen LogP contribution < -0.4 is 5.46 Å². The Morgan fingerprint density at radius 1 is 1.08 bits per heavy atom. The zero-order chi connectivity index (χ0) is 18.4. The molecule has 0 amide bonds. The smallest absolute Gasteiger partial charge is 0.399 e. The van der Waals surface area contributed by atoms with Crippen molar-refractivity contribution in [3.8, 4) is 0 Å². The van der Waals surface area contributed by atoms with E-state index < -0.39 is 24.5 Å². The first-order valence-electron chi connectivity index (χ1n) is 8.86. The number of rotatable bonds is 3. The molecule has 0 spiro atoms. The highest BCUT2D eigenvalue weighted by atomic mass is 35.5. The fourth-order valence-corrected chi connectivity index (χ4v) is 3.42. The molecule has 0 bridgehead atoms. The summed E-state index contributed by atoms with van der Waals surface area (Å²) in [6.45, 7) is 11.7. The third kappa shape index (κ3) is 3.75. The monoisotopic (exact) mass is 366 g/mol. The van der Waals surface area contributed by atoms with E-state index in [-0.39, 0.29) is 0 Å². The molecule has 1 atom stereocenters. The molecule has 138 valence electrons. The molecule has 25 heavy (non-hydrogen) atoms. The summed E-state index contributed by atoms with van der Waals surface area (Å²) in [5.41, 5.74) is 0.794. The molecule has 0 aliphatic carbocycles.